The topological polar surface area (TPSA) is 63.8 Å². The van der Waals surface area contributed by atoms with Crippen LogP contribution >= 0.6 is 23.1 Å². The van der Waals surface area contributed by atoms with Gasteiger partial charge < -0.3 is 5.43 Å². The summed E-state index contributed by atoms with van der Waals surface area (Å²) in [5.74, 6) is 6.89. The van der Waals surface area contributed by atoms with Crippen molar-refractivity contribution in [3.8, 4) is 0 Å². The van der Waals surface area contributed by atoms with Gasteiger partial charge in [-0.3, -0.25) is 0 Å². The van der Waals surface area contributed by atoms with Crippen LogP contribution in [0.3, 0.4) is 0 Å². The second-order valence-electron chi connectivity index (χ2n) is 3.93. The fourth-order valence-electron chi connectivity index (χ4n) is 1.70. The molecular weight excluding hydrogens is 276 g/mol. The number of rotatable bonds is 4. The first-order valence-electron chi connectivity index (χ1n) is 5.75. The van der Waals surface area contributed by atoms with Gasteiger partial charge in [-0.2, -0.15) is 0 Å². The number of thiazole rings is 1. The monoisotopic (exact) mass is 288 g/mol. The summed E-state index contributed by atoms with van der Waals surface area (Å²) in [6.07, 6.45) is 1.75. The molecular formula is C13H12N4S2. The van der Waals surface area contributed by atoms with Crippen molar-refractivity contribution in [2.75, 3.05) is 5.43 Å². The number of benzene rings is 1. The molecule has 0 amide bonds. The van der Waals surface area contributed by atoms with Gasteiger partial charge in [0.1, 0.15) is 5.82 Å². The van der Waals surface area contributed by atoms with E-state index in [0.717, 1.165) is 15.6 Å². The van der Waals surface area contributed by atoms with Crippen LogP contribution in [0.2, 0.25) is 0 Å². The third-order valence-corrected chi connectivity index (χ3v) is 4.86. The lowest BCUT2D eigenvalue weighted by atomic mass is 10.3. The van der Waals surface area contributed by atoms with Crippen molar-refractivity contribution in [3.63, 3.8) is 0 Å². The normalized spacial score (nSPS) is 10.8. The minimum atomic E-state index is 0.683. The molecule has 2 aromatic heterocycles. The molecule has 0 spiro atoms. The van der Waals surface area contributed by atoms with E-state index in [0.29, 0.717) is 5.82 Å². The molecule has 0 unspecified atom stereocenters. The van der Waals surface area contributed by atoms with E-state index < -0.39 is 0 Å². The van der Waals surface area contributed by atoms with Crippen LogP contribution in [0.5, 0.6) is 0 Å². The second kappa shape index (κ2) is 5.56. The van der Waals surface area contributed by atoms with Crippen molar-refractivity contribution in [3.05, 3.63) is 48.2 Å². The first kappa shape index (κ1) is 12.4. The van der Waals surface area contributed by atoms with E-state index in [9.17, 15) is 0 Å². The highest BCUT2D eigenvalue weighted by Crippen LogP contribution is 2.31. The SMILES string of the molecule is NNc1cc(CSc2nc3ccccc3s2)ccn1. The molecule has 0 fully saturated rings. The number of hydrogen-bond donors (Lipinski definition) is 2. The molecule has 0 bridgehead atoms. The molecule has 4 nitrogen and oxygen atoms in total. The lowest BCUT2D eigenvalue weighted by molar-refractivity contribution is 1.20. The van der Waals surface area contributed by atoms with Gasteiger partial charge in [0.25, 0.3) is 0 Å². The average Bonchev–Trinajstić information content (AvgIpc) is 2.88. The van der Waals surface area contributed by atoms with Crippen LogP contribution in [-0.4, -0.2) is 9.97 Å². The van der Waals surface area contributed by atoms with Crippen LogP contribution in [-0.2, 0) is 5.75 Å². The first-order valence-corrected chi connectivity index (χ1v) is 7.55. The van der Waals surface area contributed by atoms with Crippen LogP contribution in [0.1, 0.15) is 5.56 Å². The fourth-order valence-corrected chi connectivity index (χ4v) is 3.71. The van der Waals surface area contributed by atoms with E-state index in [1.54, 1.807) is 29.3 Å². The van der Waals surface area contributed by atoms with Crippen LogP contribution < -0.4 is 11.3 Å². The van der Waals surface area contributed by atoms with Crippen molar-refractivity contribution in [1.82, 2.24) is 9.97 Å². The molecule has 0 radical (unpaired) electrons. The highest BCUT2D eigenvalue weighted by Gasteiger charge is 2.04. The molecule has 0 saturated carbocycles. The minimum Gasteiger partial charge on any atom is -0.308 e. The summed E-state index contributed by atoms with van der Waals surface area (Å²) in [7, 11) is 0. The van der Waals surface area contributed by atoms with Gasteiger partial charge in [0.2, 0.25) is 0 Å². The van der Waals surface area contributed by atoms with Crippen LogP contribution in [0, 0.1) is 0 Å². The molecule has 0 aliphatic rings. The average molecular weight is 288 g/mol. The molecule has 6 heteroatoms. The van der Waals surface area contributed by atoms with Crippen molar-refractivity contribution in [2.45, 2.75) is 10.1 Å². The molecule has 2 heterocycles. The van der Waals surface area contributed by atoms with E-state index >= 15 is 0 Å². The lowest BCUT2D eigenvalue weighted by Gasteiger charge is -2.02. The van der Waals surface area contributed by atoms with Gasteiger partial charge in [-0.15, -0.1) is 11.3 Å². The van der Waals surface area contributed by atoms with E-state index in [2.05, 4.69) is 21.5 Å². The van der Waals surface area contributed by atoms with Gasteiger partial charge >= 0.3 is 0 Å². The number of thioether (sulfide) groups is 1. The minimum absolute atomic E-state index is 0.683. The van der Waals surface area contributed by atoms with Crippen molar-refractivity contribution in [2.24, 2.45) is 5.84 Å². The third-order valence-electron chi connectivity index (χ3n) is 2.61. The summed E-state index contributed by atoms with van der Waals surface area (Å²) in [6, 6.07) is 12.1. The van der Waals surface area contributed by atoms with Gasteiger partial charge in [-0.1, -0.05) is 23.9 Å². The number of hydrazine groups is 1. The Balaban J connectivity index is 1.74. The zero-order valence-electron chi connectivity index (χ0n) is 10.0. The highest BCUT2D eigenvalue weighted by atomic mass is 32.2. The first-order chi connectivity index (χ1) is 9.35. The van der Waals surface area contributed by atoms with Crippen LogP contribution in [0.25, 0.3) is 10.2 Å². The van der Waals surface area contributed by atoms with Crippen molar-refractivity contribution >= 4 is 39.1 Å². The number of nitrogens with two attached hydrogens (primary N) is 1. The summed E-state index contributed by atoms with van der Waals surface area (Å²) in [5.41, 5.74) is 4.79. The van der Waals surface area contributed by atoms with Crippen LogP contribution in [0.4, 0.5) is 5.82 Å². The zero-order valence-corrected chi connectivity index (χ0v) is 11.7. The maximum atomic E-state index is 5.35. The van der Waals surface area contributed by atoms with E-state index in [1.165, 1.54) is 10.3 Å². The quantitative estimate of drug-likeness (QED) is 0.438. The molecule has 3 aromatic rings. The molecule has 3 N–H and O–H groups in total. The largest absolute Gasteiger partial charge is 0.308 e. The summed E-state index contributed by atoms with van der Waals surface area (Å²) >= 11 is 3.45. The van der Waals surface area contributed by atoms with E-state index in [1.807, 2.05) is 30.3 Å². The molecule has 0 aliphatic heterocycles. The number of aromatic nitrogens is 2. The highest BCUT2D eigenvalue weighted by molar-refractivity contribution is 8.00. The summed E-state index contributed by atoms with van der Waals surface area (Å²) in [4.78, 5) is 8.69. The summed E-state index contributed by atoms with van der Waals surface area (Å²) in [5, 5.41) is 0. The van der Waals surface area contributed by atoms with E-state index in [-0.39, 0.29) is 0 Å². The lowest BCUT2D eigenvalue weighted by Crippen LogP contribution is -2.08. The molecule has 0 atom stereocenters. The molecule has 96 valence electrons. The number of nitrogens with zero attached hydrogens (tertiary/aromatic N) is 2. The Morgan fingerprint density at radius 1 is 1.26 bits per heavy atom. The molecule has 0 aliphatic carbocycles. The Morgan fingerprint density at radius 3 is 3.00 bits per heavy atom. The number of fused-ring (bicyclic) bond motifs is 1. The van der Waals surface area contributed by atoms with Gasteiger partial charge in [0.15, 0.2) is 4.34 Å². The third kappa shape index (κ3) is 2.86. The Morgan fingerprint density at radius 2 is 2.16 bits per heavy atom. The standard InChI is InChI=1S/C13H12N4S2/c14-17-12-7-9(5-6-15-12)8-18-13-16-10-3-1-2-4-11(10)19-13/h1-7H,8,14H2,(H,15,17). The van der Waals surface area contributed by atoms with E-state index in [4.69, 9.17) is 5.84 Å². The number of nitrogens with one attached hydrogen (secondary N) is 1. The van der Waals surface area contributed by atoms with Gasteiger partial charge in [0.05, 0.1) is 10.2 Å². The molecule has 3 rings (SSSR count). The number of pyridine rings is 1. The molecule has 0 saturated heterocycles. The van der Waals surface area contributed by atoms with Gasteiger partial charge in [-0.05, 0) is 29.8 Å². The Labute approximate surface area is 119 Å². The van der Waals surface area contributed by atoms with Crippen molar-refractivity contribution < 1.29 is 0 Å². The second-order valence-corrected chi connectivity index (χ2v) is 6.18. The predicted octanol–water partition coefficient (Wildman–Crippen LogP) is 3.27. The maximum absolute atomic E-state index is 5.35. The van der Waals surface area contributed by atoms with Gasteiger partial charge in [-0.25, -0.2) is 15.8 Å². The number of nitrogen functional groups attached to an aromatic ring is 1. The predicted molar refractivity (Wildman–Crippen MR) is 81.2 cm³/mol. The van der Waals surface area contributed by atoms with Crippen molar-refractivity contribution in [1.29, 1.82) is 0 Å². The Hall–Kier alpha value is -1.63. The van der Waals surface area contributed by atoms with Gasteiger partial charge in [0, 0.05) is 11.9 Å². The number of para-hydroxylation sites is 1. The zero-order chi connectivity index (χ0) is 13.1. The summed E-state index contributed by atoms with van der Waals surface area (Å²) in [6.45, 7) is 0. The smallest absolute Gasteiger partial charge is 0.151 e. The Bertz CT molecular complexity index is 663. The number of hydrogen-bond acceptors (Lipinski definition) is 6. The summed E-state index contributed by atoms with van der Waals surface area (Å²) < 4.78 is 2.31. The molecule has 1 aromatic carbocycles. The maximum Gasteiger partial charge on any atom is 0.151 e. The molecule has 19 heavy (non-hydrogen) atoms. The number of anilines is 1. The Kier molecular flexibility index (Phi) is 3.63. The van der Waals surface area contributed by atoms with Crippen LogP contribution in [0.15, 0.2) is 46.9 Å². The fraction of sp³-hybridized carbons (Fsp3) is 0.0769.